The van der Waals surface area contributed by atoms with E-state index in [-0.39, 0.29) is 5.54 Å². The highest BCUT2D eigenvalue weighted by Gasteiger charge is 2.35. The molecule has 1 unspecified atom stereocenters. The molecule has 0 amide bonds. The number of nitrogens with one attached hydrogen (secondary N) is 1. The Morgan fingerprint density at radius 3 is 2.53 bits per heavy atom. The summed E-state index contributed by atoms with van der Waals surface area (Å²) >= 11 is 0. The van der Waals surface area contributed by atoms with E-state index in [9.17, 15) is 0 Å². The molecule has 1 aliphatic heterocycles. The maximum Gasteiger partial charge on any atom is 0.166 e. The van der Waals surface area contributed by atoms with E-state index < -0.39 is 0 Å². The lowest BCUT2D eigenvalue weighted by Crippen LogP contribution is -2.34. The van der Waals surface area contributed by atoms with Gasteiger partial charge >= 0.3 is 0 Å². The van der Waals surface area contributed by atoms with Crippen LogP contribution in [0, 0.1) is 6.92 Å². The van der Waals surface area contributed by atoms with Gasteiger partial charge in [-0.2, -0.15) is 0 Å². The third-order valence-electron chi connectivity index (χ3n) is 3.67. The lowest BCUT2D eigenvalue weighted by molar-refractivity contribution is 0.332. The maximum absolute atomic E-state index is 5.56. The first-order valence-corrected chi connectivity index (χ1v) is 6.09. The van der Waals surface area contributed by atoms with Crippen molar-refractivity contribution in [2.45, 2.75) is 32.2 Å². The number of aryl methyl sites for hydroxylation is 1. The van der Waals surface area contributed by atoms with E-state index in [0.717, 1.165) is 24.5 Å². The second-order valence-electron chi connectivity index (χ2n) is 4.86. The fourth-order valence-corrected chi connectivity index (χ4v) is 2.82. The van der Waals surface area contributed by atoms with Gasteiger partial charge in [0, 0.05) is 11.1 Å². The highest BCUT2D eigenvalue weighted by molar-refractivity contribution is 5.53. The summed E-state index contributed by atoms with van der Waals surface area (Å²) in [5, 5.41) is 3.58. The van der Waals surface area contributed by atoms with Gasteiger partial charge in [0.25, 0.3) is 0 Å². The van der Waals surface area contributed by atoms with Crippen LogP contribution < -0.4 is 14.8 Å². The summed E-state index contributed by atoms with van der Waals surface area (Å²) in [5.74, 6) is 1.67. The van der Waals surface area contributed by atoms with E-state index in [0.29, 0.717) is 0 Å². The van der Waals surface area contributed by atoms with E-state index >= 15 is 0 Å². The van der Waals surface area contributed by atoms with Crippen molar-refractivity contribution in [1.29, 1.82) is 0 Å². The smallest absolute Gasteiger partial charge is 0.166 e. The van der Waals surface area contributed by atoms with Crippen LogP contribution >= 0.6 is 0 Å². The molecule has 1 N–H and O–H groups in total. The summed E-state index contributed by atoms with van der Waals surface area (Å²) in [6.45, 7) is 5.43. The maximum atomic E-state index is 5.56. The first kappa shape index (κ1) is 12.2. The topological polar surface area (TPSA) is 30.5 Å². The predicted molar refractivity (Wildman–Crippen MR) is 68.9 cm³/mol. The minimum Gasteiger partial charge on any atom is -0.493 e. The minimum atomic E-state index is 0.00394. The first-order valence-electron chi connectivity index (χ1n) is 6.09. The van der Waals surface area contributed by atoms with Gasteiger partial charge in [-0.1, -0.05) is 6.07 Å². The van der Waals surface area contributed by atoms with Crippen LogP contribution in [0.5, 0.6) is 11.5 Å². The van der Waals surface area contributed by atoms with E-state index in [4.69, 9.17) is 9.47 Å². The molecule has 1 fully saturated rings. The van der Waals surface area contributed by atoms with Crippen LogP contribution in [0.4, 0.5) is 0 Å². The minimum absolute atomic E-state index is 0.00394. The summed E-state index contributed by atoms with van der Waals surface area (Å²) in [6.07, 6.45) is 2.34. The summed E-state index contributed by atoms with van der Waals surface area (Å²) in [5.41, 5.74) is 2.49. The van der Waals surface area contributed by atoms with Crippen LogP contribution in [-0.2, 0) is 5.54 Å². The predicted octanol–water partition coefficient (Wildman–Crippen LogP) is 2.61. The number of benzene rings is 1. The van der Waals surface area contributed by atoms with Crippen molar-refractivity contribution in [2.75, 3.05) is 20.8 Å². The number of ether oxygens (including phenoxy) is 2. The SMILES string of the molecule is COc1ccc(C)c(C2(C)CCCN2)c1OC. The molecule has 0 aromatic heterocycles. The van der Waals surface area contributed by atoms with E-state index in [1.165, 1.54) is 17.5 Å². The number of hydrogen-bond donors (Lipinski definition) is 1. The number of rotatable bonds is 3. The molecule has 0 saturated carbocycles. The van der Waals surface area contributed by atoms with Crippen LogP contribution in [0.15, 0.2) is 12.1 Å². The molecule has 2 rings (SSSR count). The van der Waals surface area contributed by atoms with Gasteiger partial charge in [-0.3, -0.25) is 0 Å². The standard InChI is InChI=1S/C14H21NO2/c1-10-6-7-11(16-3)13(17-4)12(10)14(2)8-5-9-15-14/h6-7,15H,5,8-9H2,1-4H3. The van der Waals surface area contributed by atoms with Crippen molar-refractivity contribution in [1.82, 2.24) is 5.32 Å². The molecule has 1 saturated heterocycles. The molecule has 0 bridgehead atoms. The molecule has 0 aliphatic carbocycles. The van der Waals surface area contributed by atoms with E-state index in [1.807, 2.05) is 6.07 Å². The van der Waals surface area contributed by atoms with Crippen molar-refractivity contribution in [3.63, 3.8) is 0 Å². The Hall–Kier alpha value is -1.22. The Bertz CT molecular complexity index is 409. The third kappa shape index (κ3) is 2.00. The second-order valence-corrected chi connectivity index (χ2v) is 4.86. The molecule has 1 heterocycles. The van der Waals surface area contributed by atoms with Crippen molar-refractivity contribution >= 4 is 0 Å². The average molecular weight is 235 g/mol. The highest BCUT2D eigenvalue weighted by Crippen LogP contribution is 2.43. The van der Waals surface area contributed by atoms with Gasteiger partial charge in [0.2, 0.25) is 0 Å². The van der Waals surface area contributed by atoms with Crippen molar-refractivity contribution in [3.8, 4) is 11.5 Å². The van der Waals surface area contributed by atoms with Gasteiger partial charge < -0.3 is 14.8 Å². The Balaban J connectivity index is 2.57. The highest BCUT2D eigenvalue weighted by atomic mass is 16.5. The van der Waals surface area contributed by atoms with Crippen molar-refractivity contribution in [3.05, 3.63) is 23.3 Å². The van der Waals surface area contributed by atoms with Crippen molar-refractivity contribution in [2.24, 2.45) is 0 Å². The molecule has 0 radical (unpaired) electrons. The monoisotopic (exact) mass is 235 g/mol. The largest absolute Gasteiger partial charge is 0.493 e. The quantitative estimate of drug-likeness (QED) is 0.873. The Kier molecular flexibility index (Phi) is 3.29. The molecule has 1 aromatic carbocycles. The van der Waals surface area contributed by atoms with Gasteiger partial charge in [-0.05, 0) is 44.9 Å². The zero-order valence-corrected chi connectivity index (χ0v) is 11.1. The molecule has 1 aromatic rings. The average Bonchev–Trinajstić information content (AvgIpc) is 2.76. The third-order valence-corrected chi connectivity index (χ3v) is 3.67. The van der Waals surface area contributed by atoms with E-state index in [1.54, 1.807) is 14.2 Å². The lowest BCUT2D eigenvalue weighted by atomic mass is 9.86. The summed E-state index contributed by atoms with van der Waals surface area (Å²) in [6, 6.07) is 4.07. The molecule has 3 nitrogen and oxygen atoms in total. The van der Waals surface area contributed by atoms with Crippen molar-refractivity contribution < 1.29 is 9.47 Å². The lowest BCUT2D eigenvalue weighted by Gasteiger charge is -2.29. The van der Waals surface area contributed by atoms with Gasteiger partial charge in [-0.25, -0.2) is 0 Å². The van der Waals surface area contributed by atoms with Crippen LogP contribution in [0.1, 0.15) is 30.9 Å². The van der Waals surface area contributed by atoms with Crippen LogP contribution in [0.3, 0.4) is 0 Å². The molecule has 1 atom stereocenters. The number of methoxy groups -OCH3 is 2. The fraction of sp³-hybridized carbons (Fsp3) is 0.571. The van der Waals surface area contributed by atoms with Gasteiger partial charge in [0.05, 0.1) is 14.2 Å². The number of hydrogen-bond acceptors (Lipinski definition) is 3. The zero-order valence-electron chi connectivity index (χ0n) is 11.1. The summed E-state index contributed by atoms with van der Waals surface area (Å²) in [7, 11) is 3.39. The first-order chi connectivity index (χ1) is 8.12. The molecule has 94 valence electrons. The Morgan fingerprint density at radius 2 is 2.00 bits per heavy atom. The molecule has 3 heteroatoms. The van der Waals surface area contributed by atoms with Crippen LogP contribution in [0.25, 0.3) is 0 Å². The molecule has 1 aliphatic rings. The summed E-state index contributed by atoms with van der Waals surface area (Å²) in [4.78, 5) is 0. The Morgan fingerprint density at radius 1 is 1.24 bits per heavy atom. The zero-order chi connectivity index (χ0) is 12.5. The van der Waals surface area contributed by atoms with Gasteiger partial charge in [0.15, 0.2) is 11.5 Å². The summed E-state index contributed by atoms with van der Waals surface area (Å²) < 4.78 is 10.9. The van der Waals surface area contributed by atoms with Gasteiger partial charge in [0.1, 0.15) is 0 Å². The van der Waals surface area contributed by atoms with E-state index in [2.05, 4.69) is 25.2 Å². The second kappa shape index (κ2) is 4.57. The molecular formula is C14H21NO2. The molecule has 0 spiro atoms. The Labute approximate surface area is 103 Å². The molecular weight excluding hydrogens is 214 g/mol. The fourth-order valence-electron chi connectivity index (χ4n) is 2.82. The van der Waals surface area contributed by atoms with Crippen LogP contribution in [0.2, 0.25) is 0 Å². The van der Waals surface area contributed by atoms with Crippen LogP contribution in [-0.4, -0.2) is 20.8 Å². The normalized spacial score (nSPS) is 23.8. The molecule has 17 heavy (non-hydrogen) atoms. The van der Waals surface area contributed by atoms with Gasteiger partial charge in [-0.15, -0.1) is 0 Å².